The van der Waals surface area contributed by atoms with Crippen molar-refractivity contribution in [2.75, 3.05) is 41.3 Å². The van der Waals surface area contributed by atoms with E-state index in [1.165, 1.54) is 11.3 Å². The Morgan fingerprint density at radius 1 is 0.931 bits per heavy atom. The predicted octanol–water partition coefficient (Wildman–Crippen LogP) is 3.62. The van der Waals surface area contributed by atoms with Gasteiger partial charge in [-0.05, 0) is 42.3 Å². The Bertz CT molecular complexity index is 951. The summed E-state index contributed by atoms with van der Waals surface area (Å²) in [5.41, 5.74) is 3.61. The maximum absolute atomic E-state index is 12.6. The van der Waals surface area contributed by atoms with Gasteiger partial charge in [-0.1, -0.05) is 37.3 Å². The molecular weight excluding hydrogens is 362 g/mol. The summed E-state index contributed by atoms with van der Waals surface area (Å²) in [5.74, 6) is 0.382. The van der Waals surface area contributed by atoms with E-state index in [4.69, 9.17) is 0 Å². The molecule has 6 nitrogen and oxygen atoms in total. The third-order valence-corrected chi connectivity index (χ3v) is 5.18. The molecule has 1 aliphatic rings. The van der Waals surface area contributed by atoms with E-state index in [2.05, 4.69) is 56.3 Å². The van der Waals surface area contributed by atoms with Crippen LogP contribution < -0.4 is 15.1 Å². The number of hydrogen-bond donors (Lipinski definition) is 1. The lowest BCUT2D eigenvalue weighted by atomic mass is 10.1. The third kappa shape index (κ3) is 4.54. The Kier molecular flexibility index (Phi) is 5.70. The van der Waals surface area contributed by atoms with Gasteiger partial charge >= 0.3 is 0 Å². The van der Waals surface area contributed by atoms with Gasteiger partial charge in [-0.2, -0.15) is 0 Å². The van der Waals surface area contributed by atoms with Gasteiger partial charge in [0.05, 0.1) is 0 Å². The predicted molar refractivity (Wildman–Crippen MR) is 117 cm³/mol. The average Bonchev–Trinajstić information content (AvgIpc) is 2.80. The molecule has 0 aliphatic carbocycles. The van der Waals surface area contributed by atoms with E-state index in [0.29, 0.717) is 11.6 Å². The summed E-state index contributed by atoms with van der Waals surface area (Å²) in [4.78, 5) is 26.0. The number of benzene rings is 2. The fourth-order valence-electron chi connectivity index (χ4n) is 3.45. The van der Waals surface area contributed by atoms with Crippen LogP contribution in [0.5, 0.6) is 0 Å². The molecule has 0 unspecified atom stereocenters. The Labute approximate surface area is 171 Å². The molecule has 2 aromatic carbocycles. The van der Waals surface area contributed by atoms with Gasteiger partial charge in [-0.15, -0.1) is 0 Å². The van der Waals surface area contributed by atoms with Gasteiger partial charge in [-0.3, -0.25) is 4.79 Å². The van der Waals surface area contributed by atoms with Crippen molar-refractivity contribution in [1.29, 1.82) is 0 Å². The molecule has 0 radical (unpaired) electrons. The highest BCUT2D eigenvalue weighted by molar-refractivity contribution is 6.02. The highest BCUT2D eigenvalue weighted by atomic mass is 16.1. The zero-order valence-electron chi connectivity index (χ0n) is 16.6. The Morgan fingerprint density at radius 2 is 1.62 bits per heavy atom. The molecule has 0 atom stereocenters. The van der Waals surface area contributed by atoms with E-state index in [0.717, 1.165) is 38.3 Å². The zero-order chi connectivity index (χ0) is 20.1. The standard InChI is InChI=1S/C23H25N5O/c1-2-18-8-10-19(11-9-18)25-22(29)21-12-13-24-23(26-21)28-16-14-27(15-17-28)20-6-4-3-5-7-20/h3-13H,2,14-17H2,1H3,(H,25,29). The molecule has 6 heteroatoms. The smallest absolute Gasteiger partial charge is 0.274 e. The van der Waals surface area contributed by atoms with Crippen molar-refractivity contribution in [1.82, 2.24) is 9.97 Å². The monoisotopic (exact) mass is 387 g/mol. The van der Waals surface area contributed by atoms with Gasteiger partial charge < -0.3 is 15.1 Å². The molecule has 1 amide bonds. The van der Waals surface area contributed by atoms with Crippen LogP contribution in [-0.2, 0) is 6.42 Å². The van der Waals surface area contributed by atoms with Crippen molar-refractivity contribution in [2.24, 2.45) is 0 Å². The van der Waals surface area contributed by atoms with Gasteiger partial charge in [0.2, 0.25) is 5.95 Å². The molecule has 1 aromatic heterocycles. The van der Waals surface area contributed by atoms with E-state index in [-0.39, 0.29) is 5.91 Å². The highest BCUT2D eigenvalue weighted by Crippen LogP contribution is 2.18. The molecule has 29 heavy (non-hydrogen) atoms. The van der Waals surface area contributed by atoms with Crippen LogP contribution in [0.15, 0.2) is 66.9 Å². The van der Waals surface area contributed by atoms with Crippen LogP contribution >= 0.6 is 0 Å². The lowest BCUT2D eigenvalue weighted by Crippen LogP contribution is -2.47. The molecule has 148 valence electrons. The number of carbonyl (C=O) groups excluding carboxylic acids is 1. The molecule has 1 fully saturated rings. The molecule has 3 aromatic rings. The average molecular weight is 387 g/mol. The van der Waals surface area contributed by atoms with E-state index in [9.17, 15) is 4.79 Å². The normalized spacial score (nSPS) is 14.0. The van der Waals surface area contributed by atoms with Crippen LogP contribution in [0.2, 0.25) is 0 Å². The summed E-state index contributed by atoms with van der Waals surface area (Å²) >= 11 is 0. The number of aromatic nitrogens is 2. The Morgan fingerprint density at radius 3 is 2.31 bits per heavy atom. The quantitative estimate of drug-likeness (QED) is 0.725. The van der Waals surface area contributed by atoms with Gasteiger partial charge in [0.15, 0.2) is 0 Å². The van der Waals surface area contributed by atoms with Crippen LogP contribution in [-0.4, -0.2) is 42.1 Å². The van der Waals surface area contributed by atoms with E-state index < -0.39 is 0 Å². The molecular formula is C23H25N5O. The zero-order valence-corrected chi connectivity index (χ0v) is 16.6. The summed E-state index contributed by atoms with van der Waals surface area (Å²) in [6.07, 6.45) is 2.63. The summed E-state index contributed by atoms with van der Waals surface area (Å²) in [5, 5.41) is 2.91. The minimum absolute atomic E-state index is 0.221. The number of amides is 1. The van der Waals surface area contributed by atoms with E-state index >= 15 is 0 Å². The molecule has 2 heterocycles. The maximum Gasteiger partial charge on any atom is 0.274 e. The van der Waals surface area contributed by atoms with Gasteiger partial charge in [0.1, 0.15) is 5.69 Å². The highest BCUT2D eigenvalue weighted by Gasteiger charge is 2.20. The van der Waals surface area contributed by atoms with Gasteiger partial charge in [-0.25, -0.2) is 9.97 Å². The van der Waals surface area contributed by atoms with Crippen LogP contribution in [0.25, 0.3) is 0 Å². The molecule has 1 saturated heterocycles. The lowest BCUT2D eigenvalue weighted by molar-refractivity contribution is 0.102. The number of hydrogen-bond acceptors (Lipinski definition) is 5. The topological polar surface area (TPSA) is 61.4 Å². The second kappa shape index (κ2) is 8.73. The number of rotatable bonds is 5. The Balaban J connectivity index is 1.40. The third-order valence-electron chi connectivity index (χ3n) is 5.18. The van der Waals surface area contributed by atoms with Crippen molar-refractivity contribution < 1.29 is 4.79 Å². The summed E-state index contributed by atoms with van der Waals surface area (Å²) < 4.78 is 0. The van der Waals surface area contributed by atoms with Crippen molar-refractivity contribution in [3.8, 4) is 0 Å². The molecule has 1 aliphatic heterocycles. The lowest BCUT2D eigenvalue weighted by Gasteiger charge is -2.36. The first-order chi connectivity index (χ1) is 14.2. The van der Waals surface area contributed by atoms with Crippen molar-refractivity contribution in [3.05, 3.63) is 78.1 Å². The number of anilines is 3. The van der Waals surface area contributed by atoms with E-state index in [1.807, 2.05) is 30.3 Å². The molecule has 1 N–H and O–H groups in total. The minimum Gasteiger partial charge on any atom is -0.368 e. The molecule has 0 saturated carbocycles. The first kappa shape index (κ1) is 18.9. The fourth-order valence-corrected chi connectivity index (χ4v) is 3.45. The number of carbonyl (C=O) groups is 1. The van der Waals surface area contributed by atoms with Crippen LogP contribution in [0.3, 0.4) is 0 Å². The largest absolute Gasteiger partial charge is 0.368 e. The number of aryl methyl sites for hydroxylation is 1. The first-order valence-electron chi connectivity index (χ1n) is 10.0. The Hall–Kier alpha value is -3.41. The van der Waals surface area contributed by atoms with Crippen LogP contribution in [0.4, 0.5) is 17.3 Å². The van der Waals surface area contributed by atoms with Crippen molar-refractivity contribution >= 4 is 23.2 Å². The number of nitrogens with zero attached hydrogens (tertiary/aromatic N) is 4. The summed E-state index contributed by atoms with van der Waals surface area (Å²) in [7, 11) is 0. The summed E-state index contributed by atoms with van der Waals surface area (Å²) in [6, 6.07) is 19.9. The number of piperazine rings is 1. The van der Waals surface area contributed by atoms with Crippen LogP contribution in [0.1, 0.15) is 23.0 Å². The van der Waals surface area contributed by atoms with Gasteiger partial charge in [0, 0.05) is 43.8 Å². The molecule has 0 bridgehead atoms. The first-order valence-corrected chi connectivity index (χ1v) is 10.0. The fraction of sp³-hybridized carbons (Fsp3) is 0.261. The SMILES string of the molecule is CCc1ccc(NC(=O)c2ccnc(N3CCN(c4ccccc4)CC3)n2)cc1. The second-order valence-electron chi connectivity index (χ2n) is 7.06. The second-order valence-corrected chi connectivity index (χ2v) is 7.06. The van der Waals surface area contributed by atoms with Crippen molar-refractivity contribution in [2.45, 2.75) is 13.3 Å². The number of nitrogens with one attached hydrogen (secondary N) is 1. The molecule has 0 spiro atoms. The van der Waals surface area contributed by atoms with E-state index in [1.54, 1.807) is 12.3 Å². The van der Waals surface area contributed by atoms with Crippen LogP contribution in [0, 0.1) is 0 Å². The maximum atomic E-state index is 12.6. The molecule has 4 rings (SSSR count). The van der Waals surface area contributed by atoms with Gasteiger partial charge in [0.25, 0.3) is 5.91 Å². The minimum atomic E-state index is -0.221. The van der Waals surface area contributed by atoms with Crippen molar-refractivity contribution in [3.63, 3.8) is 0 Å². The summed E-state index contributed by atoms with van der Waals surface area (Å²) in [6.45, 7) is 5.54. The number of para-hydroxylation sites is 1.